The molecule has 0 spiro atoms. The van der Waals surface area contributed by atoms with E-state index in [1.807, 2.05) is 62.4 Å². The van der Waals surface area contributed by atoms with Crippen LogP contribution in [0.2, 0.25) is 0 Å². The zero-order valence-corrected chi connectivity index (χ0v) is 12.6. The molecule has 2 aromatic carbocycles. The molecule has 2 rings (SSSR count). The largest absolute Gasteiger partial charge is 0.494 e. The van der Waals surface area contributed by atoms with E-state index in [1.54, 1.807) is 0 Å². The lowest BCUT2D eigenvalue weighted by Gasteiger charge is -2.10. The number of rotatable bonds is 6. The third kappa shape index (κ3) is 4.63. The monoisotopic (exact) mass is 283 g/mol. The fourth-order valence-corrected chi connectivity index (χ4v) is 2.18. The third-order valence-electron chi connectivity index (χ3n) is 3.24. The Hall–Kier alpha value is -2.29. The Morgan fingerprint density at radius 2 is 1.86 bits per heavy atom. The molecule has 0 aliphatic carbocycles. The summed E-state index contributed by atoms with van der Waals surface area (Å²) in [5.41, 5.74) is 3.20. The van der Waals surface area contributed by atoms with Crippen LogP contribution in [-0.4, -0.2) is 12.5 Å². The summed E-state index contributed by atoms with van der Waals surface area (Å²) in [6.07, 6.45) is 0.414. The summed E-state index contributed by atoms with van der Waals surface area (Å²) >= 11 is 0. The normalized spacial score (nSPS) is 10.2. The van der Waals surface area contributed by atoms with Crippen LogP contribution < -0.4 is 10.1 Å². The van der Waals surface area contributed by atoms with Crippen LogP contribution in [-0.2, 0) is 17.8 Å². The van der Waals surface area contributed by atoms with Gasteiger partial charge in [-0.05, 0) is 36.6 Å². The van der Waals surface area contributed by atoms with Gasteiger partial charge < -0.3 is 10.1 Å². The van der Waals surface area contributed by atoms with Gasteiger partial charge in [-0.1, -0.05) is 42.5 Å². The number of ether oxygens (including phenoxy) is 1. The van der Waals surface area contributed by atoms with Gasteiger partial charge in [0.25, 0.3) is 0 Å². The van der Waals surface area contributed by atoms with Gasteiger partial charge in [0.1, 0.15) is 5.75 Å². The summed E-state index contributed by atoms with van der Waals surface area (Å²) < 4.78 is 5.51. The second-order valence-corrected chi connectivity index (χ2v) is 4.97. The number of benzene rings is 2. The van der Waals surface area contributed by atoms with Gasteiger partial charge in [-0.15, -0.1) is 0 Å². The predicted molar refractivity (Wildman–Crippen MR) is 84.3 cm³/mol. The molecule has 0 saturated carbocycles. The van der Waals surface area contributed by atoms with Gasteiger partial charge in [-0.3, -0.25) is 4.79 Å². The third-order valence-corrected chi connectivity index (χ3v) is 3.24. The van der Waals surface area contributed by atoms with E-state index >= 15 is 0 Å². The van der Waals surface area contributed by atoms with E-state index in [-0.39, 0.29) is 5.91 Å². The van der Waals surface area contributed by atoms with Crippen molar-refractivity contribution in [3.05, 3.63) is 65.2 Å². The smallest absolute Gasteiger partial charge is 0.224 e. The molecule has 3 nitrogen and oxygen atoms in total. The lowest BCUT2D eigenvalue weighted by atomic mass is 10.1. The number of carbonyl (C=O) groups is 1. The van der Waals surface area contributed by atoms with Crippen LogP contribution in [0.25, 0.3) is 0 Å². The molecule has 1 N–H and O–H groups in total. The van der Waals surface area contributed by atoms with Crippen molar-refractivity contribution in [3.63, 3.8) is 0 Å². The first kappa shape index (κ1) is 15.1. The minimum Gasteiger partial charge on any atom is -0.494 e. The van der Waals surface area contributed by atoms with E-state index < -0.39 is 0 Å². The first-order chi connectivity index (χ1) is 10.2. The fraction of sp³-hybridized carbons (Fsp3) is 0.278. The molecular weight excluding hydrogens is 262 g/mol. The van der Waals surface area contributed by atoms with Crippen molar-refractivity contribution < 1.29 is 9.53 Å². The van der Waals surface area contributed by atoms with Crippen molar-refractivity contribution in [2.24, 2.45) is 0 Å². The Bertz CT molecular complexity index is 593. The van der Waals surface area contributed by atoms with Gasteiger partial charge in [0.15, 0.2) is 0 Å². The lowest BCUT2D eigenvalue weighted by Crippen LogP contribution is -2.24. The van der Waals surface area contributed by atoms with Crippen LogP contribution in [0.1, 0.15) is 23.6 Å². The molecule has 0 bridgehead atoms. The minimum atomic E-state index is 0.0349. The maximum atomic E-state index is 11.9. The molecule has 0 heterocycles. The standard InChI is InChI=1S/C18H21NO2/c1-3-21-17-10-9-16(11-14(17)2)13-19-18(20)12-15-7-5-4-6-8-15/h4-11H,3,12-13H2,1-2H3,(H,19,20). The molecule has 110 valence electrons. The Morgan fingerprint density at radius 3 is 2.52 bits per heavy atom. The highest BCUT2D eigenvalue weighted by Gasteiger charge is 2.04. The number of hydrogen-bond acceptors (Lipinski definition) is 2. The van der Waals surface area contributed by atoms with E-state index in [1.165, 1.54) is 0 Å². The Labute approximate surface area is 126 Å². The summed E-state index contributed by atoms with van der Waals surface area (Å²) in [6, 6.07) is 15.7. The van der Waals surface area contributed by atoms with E-state index in [4.69, 9.17) is 4.74 Å². The zero-order chi connectivity index (χ0) is 15.1. The SMILES string of the molecule is CCOc1ccc(CNC(=O)Cc2ccccc2)cc1C. The Kier molecular flexibility index (Phi) is 5.38. The molecule has 0 aliphatic rings. The molecule has 3 heteroatoms. The van der Waals surface area contributed by atoms with Crippen molar-refractivity contribution in [1.29, 1.82) is 0 Å². The quantitative estimate of drug-likeness (QED) is 0.883. The van der Waals surface area contributed by atoms with Gasteiger partial charge in [-0.25, -0.2) is 0 Å². The van der Waals surface area contributed by atoms with Crippen LogP contribution >= 0.6 is 0 Å². The minimum absolute atomic E-state index is 0.0349. The molecule has 0 fully saturated rings. The number of aryl methyl sites for hydroxylation is 1. The summed E-state index contributed by atoms with van der Waals surface area (Å²) in [4.78, 5) is 11.9. The second-order valence-electron chi connectivity index (χ2n) is 4.97. The maximum Gasteiger partial charge on any atom is 0.224 e. The maximum absolute atomic E-state index is 11.9. The lowest BCUT2D eigenvalue weighted by molar-refractivity contribution is -0.120. The second kappa shape index (κ2) is 7.48. The highest BCUT2D eigenvalue weighted by molar-refractivity contribution is 5.78. The van der Waals surface area contributed by atoms with Gasteiger partial charge in [-0.2, -0.15) is 0 Å². The van der Waals surface area contributed by atoms with Crippen LogP contribution in [0.4, 0.5) is 0 Å². The van der Waals surface area contributed by atoms with E-state index in [0.717, 1.165) is 22.4 Å². The van der Waals surface area contributed by atoms with Gasteiger partial charge >= 0.3 is 0 Å². The molecule has 2 aromatic rings. The molecule has 1 amide bonds. The number of carbonyl (C=O) groups excluding carboxylic acids is 1. The first-order valence-electron chi connectivity index (χ1n) is 7.22. The summed E-state index contributed by atoms with van der Waals surface area (Å²) in [5.74, 6) is 0.935. The van der Waals surface area contributed by atoms with Gasteiger partial charge in [0, 0.05) is 6.54 Å². The fourth-order valence-electron chi connectivity index (χ4n) is 2.18. The molecular formula is C18H21NO2. The van der Waals surface area contributed by atoms with Crippen LogP contribution in [0.3, 0.4) is 0 Å². The number of nitrogens with one attached hydrogen (secondary N) is 1. The van der Waals surface area contributed by atoms with E-state index in [2.05, 4.69) is 5.32 Å². The Balaban J connectivity index is 1.88. The highest BCUT2D eigenvalue weighted by Crippen LogP contribution is 2.19. The molecule has 0 aliphatic heterocycles. The molecule has 0 unspecified atom stereocenters. The topological polar surface area (TPSA) is 38.3 Å². The summed E-state index contributed by atoms with van der Waals surface area (Å²) in [6.45, 7) is 5.18. The van der Waals surface area contributed by atoms with Crippen LogP contribution in [0, 0.1) is 6.92 Å². The molecule has 0 radical (unpaired) electrons. The molecule has 0 atom stereocenters. The summed E-state index contributed by atoms with van der Waals surface area (Å²) in [7, 11) is 0. The molecule has 0 saturated heterocycles. The van der Waals surface area contributed by atoms with Crippen LogP contribution in [0.5, 0.6) is 5.75 Å². The number of amides is 1. The van der Waals surface area contributed by atoms with Crippen molar-refractivity contribution in [2.45, 2.75) is 26.8 Å². The highest BCUT2D eigenvalue weighted by atomic mass is 16.5. The van der Waals surface area contributed by atoms with E-state index in [9.17, 15) is 4.79 Å². The molecule has 21 heavy (non-hydrogen) atoms. The van der Waals surface area contributed by atoms with Crippen molar-refractivity contribution in [3.8, 4) is 5.75 Å². The number of hydrogen-bond donors (Lipinski definition) is 1. The Morgan fingerprint density at radius 1 is 1.10 bits per heavy atom. The van der Waals surface area contributed by atoms with Crippen molar-refractivity contribution in [1.82, 2.24) is 5.32 Å². The van der Waals surface area contributed by atoms with Gasteiger partial charge in [0.2, 0.25) is 5.91 Å². The average Bonchev–Trinajstić information content (AvgIpc) is 2.49. The van der Waals surface area contributed by atoms with Crippen molar-refractivity contribution in [2.75, 3.05) is 6.61 Å². The van der Waals surface area contributed by atoms with E-state index in [0.29, 0.717) is 19.6 Å². The van der Waals surface area contributed by atoms with Gasteiger partial charge in [0.05, 0.1) is 13.0 Å². The van der Waals surface area contributed by atoms with Crippen molar-refractivity contribution >= 4 is 5.91 Å². The summed E-state index contributed by atoms with van der Waals surface area (Å²) in [5, 5.41) is 2.95. The zero-order valence-electron chi connectivity index (χ0n) is 12.6. The predicted octanol–water partition coefficient (Wildman–Crippen LogP) is 3.25. The average molecular weight is 283 g/mol. The molecule has 0 aromatic heterocycles. The van der Waals surface area contributed by atoms with Crippen LogP contribution in [0.15, 0.2) is 48.5 Å². The first-order valence-corrected chi connectivity index (χ1v) is 7.22.